The van der Waals surface area contributed by atoms with E-state index < -0.39 is 0 Å². The predicted molar refractivity (Wildman–Crippen MR) is 68.5 cm³/mol. The highest BCUT2D eigenvalue weighted by atomic mass is 16.5. The van der Waals surface area contributed by atoms with E-state index in [0.29, 0.717) is 18.0 Å². The van der Waals surface area contributed by atoms with Crippen LogP contribution >= 0.6 is 0 Å². The number of phenols is 1. The standard InChI is InChI=1S/C14H21NO2/c1-17-11-5-6-12(13(16)9-11)14(10-15)7-3-2-4-8-14/h5-6,9,16H,2-4,7-8,10,15H2,1H3. The van der Waals surface area contributed by atoms with E-state index in [1.54, 1.807) is 13.2 Å². The molecule has 2 rings (SSSR count). The number of phenolic OH excluding ortho intramolecular Hbond substituents is 1. The Bertz CT molecular complexity index is 384. The van der Waals surface area contributed by atoms with Crippen molar-refractivity contribution in [3.8, 4) is 11.5 Å². The fraction of sp³-hybridized carbons (Fsp3) is 0.571. The van der Waals surface area contributed by atoms with E-state index in [1.165, 1.54) is 19.3 Å². The molecule has 94 valence electrons. The average Bonchev–Trinajstić information content (AvgIpc) is 2.39. The molecule has 1 aliphatic rings. The van der Waals surface area contributed by atoms with Crippen molar-refractivity contribution in [3.63, 3.8) is 0 Å². The van der Waals surface area contributed by atoms with E-state index in [1.807, 2.05) is 12.1 Å². The third-order valence-corrected chi connectivity index (χ3v) is 3.98. The normalized spacial score (nSPS) is 18.9. The van der Waals surface area contributed by atoms with Gasteiger partial charge in [0.25, 0.3) is 0 Å². The van der Waals surface area contributed by atoms with Gasteiger partial charge in [0.1, 0.15) is 11.5 Å². The van der Waals surface area contributed by atoms with E-state index >= 15 is 0 Å². The molecule has 3 nitrogen and oxygen atoms in total. The largest absolute Gasteiger partial charge is 0.508 e. The first-order chi connectivity index (χ1) is 8.22. The zero-order valence-electron chi connectivity index (χ0n) is 10.4. The first-order valence-corrected chi connectivity index (χ1v) is 6.29. The SMILES string of the molecule is COc1ccc(C2(CN)CCCCC2)c(O)c1. The topological polar surface area (TPSA) is 55.5 Å². The summed E-state index contributed by atoms with van der Waals surface area (Å²) < 4.78 is 5.11. The summed E-state index contributed by atoms with van der Waals surface area (Å²) in [6, 6.07) is 5.55. The van der Waals surface area contributed by atoms with Gasteiger partial charge in [-0.25, -0.2) is 0 Å². The van der Waals surface area contributed by atoms with Crippen molar-refractivity contribution in [2.75, 3.05) is 13.7 Å². The van der Waals surface area contributed by atoms with Crippen LogP contribution in [0.1, 0.15) is 37.7 Å². The maximum absolute atomic E-state index is 10.1. The van der Waals surface area contributed by atoms with Crippen LogP contribution in [0.3, 0.4) is 0 Å². The number of ether oxygens (including phenoxy) is 1. The Morgan fingerprint density at radius 2 is 2.00 bits per heavy atom. The number of methoxy groups -OCH3 is 1. The van der Waals surface area contributed by atoms with Crippen molar-refractivity contribution >= 4 is 0 Å². The second kappa shape index (κ2) is 4.96. The van der Waals surface area contributed by atoms with Gasteiger partial charge >= 0.3 is 0 Å². The van der Waals surface area contributed by atoms with Crippen LogP contribution in [0.2, 0.25) is 0 Å². The Morgan fingerprint density at radius 3 is 2.53 bits per heavy atom. The molecule has 3 heteroatoms. The summed E-state index contributed by atoms with van der Waals surface area (Å²) in [6.07, 6.45) is 5.82. The van der Waals surface area contributed by atoms with Crippen LogP contribution in [0.25, 0.3) is 0 Å². The average molecular weight is 235 g/mol. The van der Waals surface area contributed by atoms with E-state index in [-0.39, 0.29) is 5.41 Å². The number of aromatic hydroxyl groups is 1. The minimum Gasteiger partial charge on any atom is -0.508 e. The third kappa shape index (κ3) is 2.25. The minimum absolute atomic E-state index is 0.0331. The molecule has 0 atom stereocenters. The number of benzene rings is 1. The quantitative estimate of drug-likeness (QED) is 0.846. The van der Waals surface area contributed by atoms with Crippen molar-refractivity contribution in [1.29, 1.82) is 0 Å². The fourth-order valence-corrected chi connectivity index (χ4v) is 2.90. The molecule has 17 heavy (non-hydrogen) atoms. The Kier molecular flexibility index (Phi) is 3.57. The van der Waals surface area contributed by atoms with Gasteiger partial charge in [0, 0.05) is 23.6 Å². The van der Waals surface area contributed by atoms with Gasteiger partial charge in [-0.05, 0) is 18.9 Å². The Hall–Kier alpha value is -1.22. The van der Waals surface area contributed by atoms with Gasteiger partial charge in [-0.15, -0.1) is 0 Å². The van der Waals surface area contributed by atoms with E-state index in [2.05, 4.69) is 0 Å². The monoisotopic (exact) mass is 235 g/mol. The van der Waals surface area contributed by atoms with Crippen LogP contribution in [-0.2, 0) is 5.41 Å². The van der Waals surface area contributed by atoms with Crippen molar-refractivity contribution in [2.45, 2.75) is 37.5 Å². The second-order valence-electron chi connectivity index (χ2n) is 4.93. The lowest BCUT2D eigenvalue weighted by Gasteiger charge is -2.37. The third-order valence-electron chi connectivity index (χ3n) is 3.98. The van der Waals surface area contributed by atoms with E-state index in [9.17, 15) is 5.11 Å². The van der Waals surface area contributed by atoms with Crippen molar-refractivity contribution in [3.05, 3.63) is 23.8 Å². The first kappa shape index (κ1) is 12.2. The minimum atomic E-state index is -0.0331. The summed E-state index contributed by atoms with van der Waals surface area (Å²) in [4.78, 5) is 0. The van der Waals surface area contributed by atoms with Gasteiger partial charge in [-0.3, -0.25) is 0 Å². The van der Waals surface area contributed by atoms with Crippen molar-refractivity contribution in [2.24, 2.45) is 5.73 Å². The fourth-order valence-electron chi connectivity index (χ4n) is 2.90. The molecule has 0 amide bonds. The molecule has 0 spiro atoms. The van der Waals surface area contributed by atoms with Crippen LogP contribution < -0.4 is 10.5 Å². The molecular weight excluding hydrogens is 214 g/mol. The van der Waals surface area contributed by atoms with E-state index in [0.717, 1.165) is 18.4 Å². The molecule has 1 fully saturated rings. The van der Waals surface area contributed by atoms with Crippen LogP contribution in [0.5, 0.6) is 11.5 Å². The van der Waals surface area contributed by atoms with Crippen LogP contribution in [0, 0.1) is 0 Å². The summed E-state index contributed by atoms with van der Waals surface area (Å²) in [5, 5.41) is 10.1. The van der Waals surface area contributed by atoms with Crippen molar-refractivity contribution in [1.82, 2.24) is 0 Å². The maximum atomic E-state index is 10.1. The van der Waals surface area contributed by atoms with Gasteiger partial charge in [-0.2, -0.15) is 0 Å². The molecule has 0 heterocycles. The van der Waals surface area contributed by atoms with Gasteiger partial charge in [0.05, 0.1) is 7.11 Å². The zero-order chi connectivity index (χ0) is 12.3. The molecule has 1 aromatic rings. The van der Waals surface area contributed by atoms with Gasteiger partial charge in [-0.1, -0.05) is 25.3 Å². The molecule has 1 aromatic carbocycles. The number of rotatable bonds is 3. The summed E-state index contributed by atoms with van der Waals surface area (Å²) in [6.45, 7) is 0.604. The maximum Gasteiger partial charge on any atom is 0.123 e. The molecule has 3 N–H and O–H groups in total. The molecule has 0 unspecified atom stereocenters. The molecule has 0 aliphatic heterocycles. The molecule has 1 aliphatic carbocycles. The van der Waals surface area contributed by atoms with Gasteiger partial charge < -0.3 is 15.6 Å². The summed E-state index contributed by atoms with van der Waals surface area (Å²) in [7, 11) is 1.60. The van der Waals surface area contributed by atoms with Crippen LogP contribution in [0.15, 0.2) is 18.2 Å². The lowest BCUT2D eigenvalue weighted by molar-refractivity contribution is 0.290. The smallest absolute Gasteiger partial charge is 0.123 e. The molecular formula is C14H21NO2. The van der Waals surface area contributed by atoms with Crippen molar-refractivity contribution < 1.29 is 9.84 Å². The molecule has 0 radical (unpaired) electrons. The number of hydrogen-bond donors (Lipinski definition) is 2. The molecule has 0 saturated heterocycles. The highest BCUT2D eigenvalue weighted by Gasteiger charge is 2.34. The highest BCUT2D eigenvalue weighted by Crippen LogP contribution is 2.43. The predicted octanol–water partition coefficient (Wildman–Crippen LogP) is 2.56. The number of nitrogens with two attached hydrogens (primary N) is 1. The van der Waals surface area contributed by atoms with Gasteiger partial charge in [0.2, 0.25) is 0 Å². The second-order valence-corrected chi connectivity index (χ2v) is 4.93. The first-order valence-electron chi connectivity index (χ1n) is 6.29. The van der Waals surface area contributed by atoms with E-state index in [4.69, 9.17) is 10.5 Å². The Morgan fingerprint density at radius 1 is 1.29 bits per heavy atom. The lowest BCUT2D eigenvalue weighted by atomic mass is 9.69. The molecule has 1 saturated carbocycles. The number of hydrogen-bond acceptors (Lipinski definition) is 3. The molecule has 0 bridgehead atoms. The highest BCUT2D eigenvalue weighted by molar-refractivity contribution is 5.44. The summed E-state index contributed by atoms with van der Waals surface area (Å²) in [5.41, 5.74) is 6.92. The Labute approximate surface area is 103 Å². The van der Waals surface area contributed by atoms with Crippen LogP contribution in [0.4, 0.5) is 0 Å². The zero-order valence-corrected chi connectivity index (χ0v) is 10.4. The van der Waals surface area contributed by atoms with Gasteiger partial charge in [0.15, 0.2) is 0 Å². The lowest BCUT2D eigenvalue weighted by Crippen LogP contribution is -2.37. The summed E-state index contributed by atoms with van der Waals surface area (Å²) in [5.74, 6) is 1.01. The Balaban J connectivity index is 2.36. The van der Waals surface area contributed by atoms with Crippen LogP contribution in [-0.4, -0.2) is 18.8 Å². The molecule has 0 aromatic heterocycles. The summed E-state index contributed by atoms with van der Waals surface area (Å²) >= 11 is 0.